The molecule has 0 amide bonds. The van der Waals surface area contributed by atoms with Crippen molar-refractivity contribution in [2.75, 3.05) is 11.9 Å². The number of piperidine rings is 1. The lowest BCUT2D eigenvalue weighted by Gasteiger charge is -2.27. The predicted molar refractivity (Wildman–Crippen MR) is 79.8 cm³/mol. The number of halogens is 2. The van der Waals surface area contributed by atoms with Crippen LogP contribution in [0.3, 0.4) is 0 Å². The van der Waals surface area contributed by atoms with Crippen molar-refractivity contribution >= 4 is 28.9 Å². The zero-order chi connectivity index (χ0) is 13.0. The fourth-order valence-electron chi connectivity index (χ4n) is 2.48. The highest BCUT2D eigenvalue weighted by Gasteiger charge is 2.16. The van der Waals surface area contributed by atoms with E-state index in [4.69, 9.17) is 23.2 Å². The van der Waals surface area contributed by atoms with Crippen molar-refractivity contribution in [2.24, 2.45) is 0 Å². The van der Waals surface area contributed by atoms with Crippen LogP contribution in [0, 0.1) is 0 Å². The van der Waals surface area contributed by atoms with Crippen LogP contribution in [-0.4, -0.2) is 18.6 Å². The molecule has 0 spiro atoms. The van der Waals surface area contributed by atoms with Crippen molar-refractivity contribution in [3.05, 3.63) is 28.2 Å². The molecule has 1 heterocycles. The summed E-state index contributed by atoms with van der Waals surface area (Å²) in [4.78, 5) is 0. The quantitative estimate of drug-likeness (QED) is 0.861. The van der Waals surface area contributed by atoms with Crippen LogP contribution >= 0.6 is 23.2 Å². The van der Waals surface area contributed by atoms with E-state index in [9.17, 15) is 0 Å². The second kappa shape index (κ2) is 6.65. The highest BCUT2D eigenvalue weighted by atomic mass is 35.5. The molecule has 0 saturated carbocycles. The molecule has 4 heteroatoms. The molecule has 1 saturated heterocycles. The van der Waals surface area contributed by atoms with Gasteiger partial charge in [-0.1, -0.05) is 29.6 Å². The van der Waals surface area contributed by atoms with Gasteiger partial charge in [0.15, 0.2) is 0 Å². The lowest BCUT2D eigenvalue weighted by Crippen LogP contribution is -2.37. The molecule has 2 nitrogen and oxygen atoms in total. The van der Waals surface area contributed by atoms with Crippen molar-refractivity contribution in [3.8, 4) is 0 Å². The zero-order valence-corrected chi connectivity index (χ0v) is 12.2. The molecular formula is C14H20Cl2N2. The molecule has 0 bridgehead atoms. The van der Waals surface area contributed by atoms with E-state index >= 15 is 0 Å². The van der Waals surface area contributed by atoms with Gasteiger partial charge in [0.25, 0.3) is 0 Å². The van der Waals surface area contributed by atoms with Gasteiger partial charge in [0.1, 0.15) is 0 Å². The van der Waals surface area contributed by atoms with Crippen molar-refractivity contribution in [1.29, 1.82) is 0 Å². The van der Waals surface area contributed by atoms with E-state index in [2.05, 4.69) is 17.6 Å². The molecule has 1 fully saturated rings. The Labute approximate surface area is 119 Å². The number of benzene rings is 1. The fourth-order valence-corrected chi connectivity index (χ4v) is 2.83. The first-order chi connectivity index (χ1) is 8.65. The Morgan fingerprint density at radius 2 is 2.22 bits per heavy atom. The SMILES string of the molecule is CC(CC1CCCCN1)Nc1cc(Cl)ccc1Cl. The van der Waals surface area contributed by atoms with E-state index in [0.29, 0.717) is 17.1 Å². The predicted octanol–water partition coefficient (Wildman–Crippen LogP) is 4.33. The van der Waals surface area contributed by atoms with Crippen LogP contribution in [0.15, 0.2) is 18.2 Å². The first-order valence-electron chi connectivity index (χ1n) is 6.60. The highest BCUT2D eigenvalue weighted by Crippen LogP contribution is 2.26. The Kier molecular flexibility index (Phi) is 5.16. The normalized spacial score (nSPS) is 21.6. The van der Waals surface area contributed by atoms with Gasteiger partial charge in [-0.3, -0.25) is 0 Å². The molecule has 0 aliphatic carbocycles. The maximum atomic E-state index is 6.15. The van der Waals surface area contributed by atoms with Crippen molar-refractivity contribution < 1.29 is 0 Å². The fraction of sp³-hybridized carbons (Fsp3) is 0.571. The summed E-state index contributed by atoms with van der Waals surface area (Å²) in [6, 6.07) is 6.53. The summed E-state index contributed by atoms with van der Waals surface area (Å²) in [6.07, 6.45) is 5.03. The lowest BCUT2D eigenvalue weighted by atomic mass is 9.99. The Bertz CT molecular complexity index is 389. The Hall–Kier alpha value is -0.440. The highest BCUT2D eigenvalue weighted by molar-refractivity contribution is 6.35. The second-order valence-electron chi connectivity index (χ2n) is 5.05. The van der Waals surface area contributed by atoms with Gasteiger partial charge in [0, 0.05) is 17.1 Å². The van der Waals surface area contributed by atoms with Crippen molar-refractivity contribution in [3.63, 3.8) is 0 Å². The van der Waals surface area contributed by atoms with Gasteiger partial charge in [-0.25, -0.2) is 0 Å². The average molecular weight is 287 g/mol. The molecule has 2 unspecified atom stereocenters. The monoisotopic (exact) mass is 286 g/mol. The summed E-state index contributed by atoms with van der Waals surface area (Å²) in [5, 5.41) is 8.44. The molecule has 0 aromatic heterocycles. The smallest absolute Gasteiger partial charge is 0.0638 e. The number of rotatable bonds is 4. The van der Waals surface area contributed by atoms with Gasteiger partial charge < -0.3 is 10.6 Å². The molecule has 1 aromatic carbocycles. The van der Waals surface area contributed by atoms with Crippen LogP contribution in [0.2, 0.25) is 10.0 Å². The van der Waals surface area contributed by atoms with Crippen LogP contribution in [0.5, 0.6) is 0 Å². The summed E-state index contributed by atoms with van der Waals surface area (Å²) >= 11 is 12.1. The van der Waals surface area contributed by atoms with E-state index in [1.807, 2.05) is 18.2 Å². The Morgan fingerprint density at radius 3 is 2.94 bits per heavy atom. The van der Waals surface area contributed by atoms with Gasteiger partial charge in [-0.15, -0.1) is 0 Å². The number of hydrogen-bond acceptors (Lipinski definition) is 2. The largest absolute Gasteiger partial charge is 0.381 e. The molecule has 18 heavy (non-hydrogen) atoms. The van der Waals surface area contributed by atoms with Gasteiger partial charge in [0.2, 0.25) is 0 Å². The third-order valence-corrected chi connectivity index (χ3v) is 3.95. The van der Waals surface area contributed by atoms with E-state index in [0.717, 1.165) is 23.7 Å². The molecule has 2 N–H and O–H groups in total. The molecule has 1 aromatic rings. The van der Waals surface area contributed by atoms with Gasteiger partial charge in [-0.2, -0.15) is 0 Å². The number of anilines is 1. The maximum Gasteiger partial charge on any atom is 0.0638 e. The minimum atomic E-state index is 0.386. The molecule has 2 atom stereocenters. The van der Waals surface area contributed by atoms with E-state index in [-0.39, 0.29) is 0 Å². The average Bonchev–Trinajstić information content (AvgIpc) is 2.35. The summed E-state index contributed by atoms with van der Waals surface area (Å²) in [7, 11) is 0. The summed E-state index contributed by atoms with van der Waals surface area (Å²) < 4.78 is 0. The molecule has 1 aliphatic rings. The molecule has 0 radical (unpaired) electrons. The Balaban J connectivity index is 1.89. The minimum absolute atomic E-state index is 0.386. The standard InChI is InChI=1S/C14H20Cl2N2/c1-10(8-12-4-2-3-7-17-12)18-14-9-11(15)5-6-13(14)16/h5-6,9-10,12,17-18H,2-4,7-8H2,1H3. The van der Waals surface area contributed by atoms with Crippen LogP contribution in [0.4, 0.5) is 5.69 Å². The number of hydrogen-bond donors (Lipinski definition) is 2. The zero-order valence-electron chi connectivity index (χ0n) is 10.7. The summed E-state index contributed by atoms with van der Waals surface area (Å²) in [6.45, 7) is 3.34. The van der Waals surface area contributed by atoms with Crippen LogP contribution in [-0.2, 0) is 0 Å². The topological polar surface area (TPSA) is 24.1 Å². The van der Waals surface area contributed by atoms with E-state index in [1.54, 1.807) is 0 Å². The van der Waals surface area contributed by atoms with Crippen molar-refractivity contribution in [2.45, 2.75) is 44.7 Å². The van der Waals surface area contributed by atoms with E-state index < -0.39 is 0 Å². The third-order valence-electron chi connectivity index (χ3n) is 3.38. The first kappa shape index (κ1) is 14.0. The summed E-state index contributed by atoms with van der Waals surface area (Å²) in [5.74, 6) is 0. The van der Waals surface area contributed by atoms with Crippen molar-refractivity contribution in [1.82, 2.24) is 5.32 Å². The minimum Gasteiger partial charge on any atom is -0.381 e. The van der Waals surface area contributed by atoms with Gasteiger partial charge in [0.05, 0.1) is 10.7 Å². The first-order valence-corrected chi connectivity index (χ1v) is 7.35. The van der Waals surface area contributed by atoms with Crippen LogP contribution < -0.4 is 10.6 Å². The second-order valence-corrected chi connectivity index (χ2v) is 5.90. The summed E-state index contributed by atoms with van der Waals surface area (Å²) in [5.41, 5.74) is 0.924. The molecular weight excluding hydrogens is 267 g/mol. The maximum absolute atomic E-state index is 6.15. The van der Waals surface area contributed by atoms with E-state index in [1.165, 1.54) is 19.3 Å². The van der Waals surface area contributed by atoms with Gasteiger partial charge >= 0.3 is 0 Å². The molecule has 100 valence electrons. The van der Waals surface area contributed by atoms with Gasteiger partial charge in [-0.05, 0) is 50.9 Å². The Morgan fingerprint density at radius 1 is 1.39 bits per heavy atom. The molecule has 1 aliphatic heterocycles. The third kappa shape index (κ3) is 4.04. The lowest BCUT2D eigenvalue weighted by molar-refractivity contribution is 0.371. The number of nitrogens with one attached hydrogen (secondary N) is 2. The van der Waals surface area contributed by atoms with Crippen LogP contribution in [0.1, 0.15) is 32.6 Å². The van der Waals surface area contributed by atoms with Crippen LogP contribution in [0.25, 0.3) is 0 Å². The molecule has 2 rings (SSSR count).